The molecule has 0 spiro atoms. The number of ether oxygens (including phenoxy) is 2. The van der Waals surface area contributed by atoms with Crippen molar-refractivity contribution in [2.45, 2.75) is 13.1 Å². The van der Waals surface area contributed by atoms with Crippen molar-refractivity contribution in [3.63, 3.8) is 0 Å². The first-order chi connectivity index (χ1) is 15.1. The quantitative estimate of drug-likeness (QED) is 0.659. The lowest BCUT2D eigenvalue weighted by molar-refractivity contribution is 0.135. The van der Waals surface area contributed by atoms with Crippen molar-refractivity contribution in [1.29, 1.82) is 0 Å². The van der Waals surface area contributed by atoms with Crippen molar-refractivity contribution in [2.75, 3.05) is 40.4 Å². The lowest BCUT2D eigenvalue weighted by atomic mass is 10.1. The molecule has 3 aromatic carbocycles. The number of benzene rings is 3. The molecule has 2 amide bonds. The van der Waals surface area contributed by atoms with E-state index < -0.39 is 0 Å². The topological polar surface area (TPSA) is 54.0 Å². The highest BCUT2D eigenvalue weighted by atomic mass is 16.5. The molecule has 1 heterocycles. The molecule has 1 fully saturated rings. The van der Waals surface area contributed by atoms with Crippen LogP contribution in [0, 0.1) is 0 Å². The molecule has 162 valence electrons. The summed E-state index contributed by atoms with van der Waals surface area (Å²) in [5.41, 5.74) is 2.34. The molecule has 1 N–H and O–H groups in total. The van der Waals surface area contributed by atoms with Crippen LogP contribution in [-0.2, 0) is 13.1 Å². The number of hydrogen-bond donors (Lipinski definition) is 1. The van der Waals surface area contributed by atoms with Gasteiger partial charge in [-0.1, -0.05) is 30.3 Å². The molecule has 3 aromatic rings. The van der Waals surface area contributed by atoms with Crippen molar-refractivity contribution >= 4 is 16.8 Å². The molecule has 0 bridgehead atoms. The number of piperazine rings is 1. The Balaban J connectivity index is 1.25. The Kier molecular flexibility index (Phi) is 6.57. The fraction of sp³-hybridized carbons (Fsp3) is 0.320. The van der Waals surface area contributed by atoms with Crippen LogP contribution in [0.2, 0.25) is 0 Å². The van der Waals surface area contributed by atoms with E-state index in [1.165, 1.54) is 5.56 Å². The van der Waals surface area contributed by atoms with Gasteiger partial charge in [0.15, 0.2) is 0 Å². The molecule has 0 saturated carbocycles. The van der Waals surface area contributed by atoms with Gasteiger partial charge in [0.2, 0.25) is 0 Å². The summed E-state index contributed by atoms with van der Waals surface area (Å²) < 4.78 is 10.5. The summed E-state index contributed by atoms with van der Waals surface area (Å²) in [7, 11) is 3.35. The van der Waals surface area contributed by atoms with Gasteiger partial charge < -0.3 is 19.7 Å². The van der Waals surface area contributed by atoms with Crippen LogP contribution in [0.15, 0.2) is 60.7 Å². The highest BCUT2D eigenvalue weighted by Crippen LogP contribution is 2.22. The van der Waals surface area contributed by atoms with E-state index in [0.29, 0.717) is 6.54 Å². The minimum atomic E-state index is -0.000995. The van der Waals surface area contributed by atoms with Crippen LogP contribution < -0.4 is 14.8 Å². The number of hydrogen-bond acceptors (Lipinski definition) is 4. The van der Waals surface area contributed by atoms with Crippen LogP contribution in [0.4, 0.5) is 4.79 Å². The normalized spacial score (nSPS) is 14.5. The van der Waals surface area contributed by atoms with E-state index in [9.17, 15) is 4.79 Å². The van der Waals surface area contributed by atoms with Crippen LogP contribution in [0.5, 0.6) is 11.5 Å². The first-order valence-corrected chi connectivity index (χ1v) is 10.6. The summed E-state index contributed by atoms with van der Waals surface area (Å²) in [6.07, 6.45) is 0. The largest absolute Gasteiger partial charge is 0.497 e. The first-order valence-electron chi connectivity index (χ1n) is 10.6. The van der Waals surface area contributed by atoms with Crippen molar-refractivity contribution in [3.05, 3.63) is 71.8 Å². The average Bonchev–Trinajstić information content (AvgIpc) is 2.83. The number of fused-ring (bicyclic) bond motifs is 1. The zero-order valence-electron chi connectivity index (χ0n) is 18.1. The lowest BCUT2D eigenvalue weighted by Crippen LogP contribution is -2.51. The van der Waals surface area contributed by atoms with E-state index in [2.05, 4.69) is 40.5 Å². The summed E-state index contributed by atoms with van der Waals surface area (Å²) in [4.78, 5) is 16.9. The van der Waals surface area contributed by atoms with Gasteiger partial charge in [0, 0.05) is 39.3 Å². The van der Waals surface area contributed by atoms with E-state index in [0.717, 1.165) is 60.6 Å². The summed E-state index contributed by atoms with van der Waals surface area (Å²) >= 11 is 0. The molecule has 0 atom stereocenters. The van der Waals surface area contributed by atoms with Gasteiger partial charge in [-0.05, 0) is 52.2 Å². The molecular formula is C25H29N3O3. The van der Waals surface area contributed by atoms with Crippen molar-refractivity contribution in [3.8, 4) is 11.5 Å². The highest BCUT2D eigenvalue weighted by Gasteiger charge is 2.21. The first kappa shape index (κ1) is 21.0. The Morgan fingerprint density at radius 1 is 0.806 bits per heavy atom. The van der Waals surface area contributed by atoms with Crippen LogP contribution in [0.25, 0.3) is 10.8 Å². The second kappa shape index (κ2) is 9.71. The van der Waals surface area contributed by atoms with Gasteiger partial charge in [-0.2, -0.15) is 0 Å². The minimum absolute atomic E-state index is 0.000995. The SMILES string of the molecule is COc1ccc(CN2CCN(C(=O)NCc3ccc4cc(OC)ccc4c3)CC2)cc1. The summed E-state index contributed by atoms with van der Waals surface area (Å²) in [6.45, 7) is 4.63. The Hall–Kier alpha value is -3.25. The molecule has 1 aliphatic heterocycles. The maximum atomic E-state index is 12.6. The molecule has 6 heteroatoms. The lowest BCUT2D eigenvalue weighted by Gasteiger charge is -2.34. The summed E-state index contributed by atoms with van der Waals surface area (Å²) in [5.74, 6) is 1.72. The molecule has 0 unspecified atom stereocenters. The van der Waals surface area contributed by atoms with Gasteiger partial charge in [-0.15, -0.1) is 0 Å². The molecule has 1 saturated heterocycles. The number of carbonyl (C=O) groups is 1. The maximum absolute atomic E-state index is 12.6. The Bertz CT molecular complexity index is 1030. The molecule has 31 heavy (non-hydrogen) atoms. The molecule has 6 nitrogen and oxygen atoms in total. The highest BCUT2D eigenvalue weighted by molar-refractivity contribution is 5.84. The van der Waals surface area contributed by atoms with Gasteiger partial charge in [0.05, 0.1) is 14.2 Å². The van der Waals surface area contributed by atoms with Gasteiger partial charge in [0.1, 0.15) is 11.5 Å². The second-order valence-corrected chi connectivity index (χ2v) is 7.82. The number of carbonyl (C=O) groups excluding carboxylic acids is 1. The van der Waals surface area contributed by atoms with E-state index in [4.69, 9.17) is 9.47 Å². The molecule has 0 aliphatic carbocycles. The third-order valence-electron chi connectivity index (χ3n) is 5.78. The number of amides is 2. The number of urea groups is 1. The summed E-state index contributed by atoms with van der Waals surface area (Å²) in [6, 6.07) is 20.4. The predicted molar refractivity (Wildman–Crippen MR) is 123 cm³/mol. The van der Waals surface area contributed by atoms with Gasteiger partial charge in [-0.25, -0.2) is 4.79 Å². The smallest absolute Gasteiger partial charge is 0.317 e. The van der Waals surface area contributed by atoms with Crippen molar-refractivity contribution < 1.29 is 14.3 Å². The Morgan fingerprint density at radius 2 is 1.42 bits per heavy atom. The third kappa shape index (κ3) is 5.27. The van der Waals surface area contributed by atoms with Gasteiger partial charge in [-0.3, -0.25) is 4.90 Å². The minimum Gasteiger partial charge on any atom is -0.497 e. The Labute approximate surface area is 183 Å². The van der Waals surface area contributed by atoms with Gasteiger partial charge in [0.25, 0.3) is 0 Å². The monoisotopic (exact) mass is 419 g/mol. The predicted octanol–water partition coefficient (Wildman–Crippen LogP) is 3.88. The van der Waals surface area contributed by atoms with Crippen LogP contribution >= 0.6 is 0 Å². The number of rotatable bonds is 6. The van der Waals surface area contributed by atoms with Crippen LogP contribution in [0.3, 0.4) is 0 Å². The molecule has 0 aromatic heterocycles. The van der Waals surface area contributed by atoms with Gasteiger partial charge >= 0.3 is 6.03 Å². The standard InChI is InChI=1S/C25H29N3O3/c1-30-23-8-4-19(5-9-23)18-27-11-13-28(14-12-27)25(29)26-17-20-3-6-22-16-24(31-2)10-7-21(22)15-20/h3-10,15-16H,11-14,17-18H2,1-2H3,(H,26,29). The zero-order valence-corrected chi connectivity index (χ0v) is 18.1. The van der Waals surface area contributed by atoms with Crippen LogP contribution in [-0.4, -0.2) is 56.2 Å². The van der Waals surface area contributed by atoms with Crippen molar-refractivity contribution in [2.24, 2.45) is 0 Å². The number of methoxy groups -OCH3 is 2. The van der Waals surface area contributed by atoms with E-state index in [1.807, 2.05) is 35.2 Å². The summed E-state index contributed by atoms with van der Waals surface area (Å²) in [5, 5.41) is 5.33. The number of nitrogens with zero attached hydrogens (tertiary/aromatic N) is 2. The molecular weight excluding hydrogens is 390 g/mol. The fourth-order valence-electron chi connectivity index (χ4n) is 3.90. The van der Waals surface area contributed by atoms with Crippen molar-refractivity contribution in [1.82, 2.24) is 15.1 Å². The second-order valence-electron chi connectivity index (χ2n) is 7.82. The van der Waals surface area contributed by atoms with E-state index >= 15 is 0 Å². The zero-order chi connectivity index (χ0) is 21.6. The van der Waals surface area contributed by atoms with E-state index in [-0.39, 0.29) is 6.03 Å². The molecule has 4 rings (SSSR count). The maximum Gasteiger partial charge on any atom is 0.317 e. The molecule has 1 aliphatic rings. The Morgan fingerprint density at radius 3 is 2.13 bits per heavy atom. The third-order valence-corrected chi connectivity index (χ3v) is 5.78. The van der Waals surface area contributed by atoms with Crippen LogP contribution in [0.1, 0.15) is 11.1 Å². The molecule has 0 radical (unpaired) electrons. The number of nitrogens with one attached hydrogen (secondary N) is 1. The average molecular weight is 420 g/mol. The fourth-order valence-corrected chi connectivity index (χ4v) is 3.90. The van der Waals surface area contributed by atoms with E-state index in [1.54, 1.807) is 14.2 Å².